The highest BCUT2D eigenvalue weighted by Gasteiger charge is 2.29. The van der Waals surface area contributed by atoms with Crippen LogP contribution in [0.25, 0.3) is 0 Å². The Hall–Kier alpha value is -0.290. The molecule has 0 aliphatic rings. The van der Waals surface area contributed by atoms with Gasteiger partial charge in [0.05, 0.1) is 0 Å². The fourth-order valence-corrected chi connectivity index (χ4v) is 1.51. The van der Waals surface area contributed by atoms with E-state index >= 15 is 0 Å². The van der Waals surface area contributed by atoms with E-state index in [0.29, 0.717) is 0 Å². The Morgan fingerprint density at radius 2 is 1.86 bits per heavy atom. The molecule has 0 amide bonds. The predicted molar refractivity (Wildman–Crippen MR) is 50.5 cm³/mol. The van der Waals surface area contributed by atoms with Crippen molar-refractivity contribution in [1.29, 1.82) is 0 Å². The molecule has 86 valence electrons. The van der Waals surface area contributed by atoms with E-state index in [-0.39, 0.29) is 18.4 Å². The van der Waals surface area contributed by atoms with Crippen molar-refractivity contribution in [3.05, 3.63) is 0 Å². The SMILES string of the molecule is CCCC(C)C(CCC(F)(F)F)NN. The minimum absolute atomic E-state index is 0.0567. The van der Waals surface area contributed by atoms with Gasteiger partial charge in [-0.25, -0.2) is 0 Å². The number of hydrogen-bond acceptors (Lipinski definition) is 2. The average molecular weight is 212 g/mol. The zero-order valence-electron chi connectivity index (χ0n) is 8.69. The maximum atomic E-state index is 11.9. The molecule has 2 atom stereocenters. The highest BCUT2D eigenvalue weighted by Crippen LogP contribution is 2.24. The van der Waals surface area contributed by atoms with Crippen molar-refractivity contribution in [3.8, 4) is 0 Å². The summed E-state index contributed by atoms with van der Waals surface area (Å²) in [6, 6.07) is -0.239. The lowest BCUT2D eigenvalue weighted by Gasteiger charge is -2.23. The molecule has 0 bridgehead atoms. The first kappa shape index (κ1) is 13.7. The molecule has 0 aromatic heterocycles. The van der Waals surface area contributed by atoms with Gasteiger partial charge in [0.15, 0.2) is 0 Å². The van der Waals surface area contributed by atoms with Gasteiger partial charge in [0.2, 0.25) is 0 Å². The van der Waals surface area contributed by atoms with Gasteiger partial charge in [-0.1, -0.05) is 20.3 Å². The Labute approximate surface area is 83.0 Å². The number of alkyl halides is 3. The summed E-state index contributed by atoms with van der Waals surface area (Å²) >= 11 is 0. The fourth-order valence-electron chi connectivity index (χ4n) is 1.51. The van der Waals surface area contributed by atoms with Crippen LogP contribution >= 0.6 is 0 Å². The summed E-state index contributed by atoms with van der Waals surface area (Å²) in [5.41, 5.74) is 2.46. The standard InChI is InChI=1S/C9H19F3N2/c1-3-4-7(2)8(14-13)5-6-9(10,11)12/h7-8,14H,3-6,13H2,1-2H3. The third-order valence-corrected chi connectivity index (χ3v) is 2.38. The Balaban J connectivity index is 3.90. The molecule has 0 saturated carbocycles. The Morgan fingerprint density at radius 3 is 2.21 bits per heavy atom. The molecule has 2 unspecified atom stereocenters. The monoisotopic (exact) mass is 212 g/mol. The summed E-state index contributed by atoms with van der Waals surface area (Å²) in [4.78, 5) is 0. The van der Waals surface area contributed by atoms with Gasteiger partial charge in [-0.05, 0) is 18.8 Å². The Kier molecular flexibility index (Phi) is 6.11. The van der Waals surface area contributed by atoms with E-state index in [4.69, 9.17) is 5.84 Å². The lowest BCUT2D eigenvalue weighted by atomic mass is 9.94. The van der Waals surface area contributed by atoms with Gasteiger partial charge >= 0.3 is 6.18 Å². The molecule has 0 aliphatic heterocycles. The van der Waals surface area contributed by atoms with Crippen LogP contribution in [0.2, 0.25) is 0 Å². The molecule has 14 heavy (non-hydrogen) atoms. The van der Waals surface area contributed by atoms with E-state index in [1.165, 1.54) is 0 Å². The molecular weight excluding hydrogens is 193 g/mol. The van der Waals surface area contributed by atoms with E-state index in [1.54, 1.807) is 0 Å². The molecule has 0 spiro atoms. The van der Waals surface area contributed by atoms with Crippen LogP contribution in [0.15, 0.2) is 0 Å². The lowest BCUT2D eigenvalue weighted by Crippen LogP contribution is -2.40. The predicted octanol–water partition coefficient (Wildman–Crippen LogP) is 2.60. The molecule has 0 heterocycles. The minimum atomic E-state index is -4.08. The van der Waals surface area contributed by atoms with Gasteiger partial charge in [0.25, 0.3) is 0 Å². The van der Waals surface area contributed by atoms with Crippen LogP contribution in [0, 0.1) is 5.92 Å². The largest absolute Gasteiger partial charge is 0.389 e. The van der Waals surface area contributed by atoms with Crippen molar-refractivity contribution < 1.29 is 13.2 Å². The van der Waals surface area contributed by atoms with Crippen molar-refractivity contribution in [3.63, 3.8) is 0 Å². The number of hydrogen-bond donors (Lipinski definition) is 2. The molecule has 0 aromatic carbocycles. The Bertz CT molecular complexity index is 147. The van der Waals surface area contributed by atoms with Gasteiger partial charge in [-0.2, -0.15) is 13.2 Å². The van der Waals surface area contributed by atoms with Gasteiger partial charge < -0.3 is 0 Å². The van der Waals surface area contributed by atoms with E-state index < -0.39 is 12.6 Å². The first-order chi connectivity index (χ1) is 6.40. The summed E-state index contributed by atoms with van der Waals surface area (Å²) < 4.78 is 35.8. The zero-order chi connectivity index (χ0) is 11.2. The molecule has 5 heteroatoms. The summed E-state index contributed by atoms with van der Waals surface area (Å²) in [7, 11) is 0. The molecule has 0 radical (unpaired) electrons. The van der Waals surface area contributed by atoms with E-state index in [2.05, 4.69) is 5.43 Å². The maximum Gasteiger partial charge on any atom is 0.389 e. The van der Waals surface area contributed by atoms with E-state index in [1.807, 2.05) is 13.8 Å². The number of hydrazine groups is 1. The van der Waals surface area contributed by atoms with Crippen molar-refractivity contribution >= 4 is 0 Å². The molecule has 0 aromatic rings. The molecule has 0 fully saturated rings. The van der Waals surface area contributed by atoms with Crippen molar-refractivity contribution in [1.82, 2.24) is 5.43 Å². The number of halogens is 3. The van der Waals surface area contributed by atoms with Crippen LogP contribution in [-0.2, 0) is 0 Å². The van der Waals surface area contributed by atoms with Gasteiger partial charge in [-0.3, -0.25) is 11.3 Å². The third-order valence-electron chi connectivity index (χ3n) is 2.38. The topological polar surface area (TPSA) is 38.0 Å². The quantitative estimate of drug-likeness (QED) is 0.524. The summed E-state index contributed by atoms with van der Waals surface area (Å²) in [5, 5.41) is 0. The van der Waals surface area contributed by atoms with Gasteiger partial charge in [0, 0.05) is 12.5 Å². The third kappa shape index (κ3) is 6.21. The van der Waals surface area contributed by atoms with Gasteiger partial charge in [0.1, 0.15) is 0 Å². The van der Waals surface area contributed by atoms with Crippen molar-refractivity contribution in [2.24, 2.45) is 11.8 Å². The maximum absolute atomic E-state index is 11.9. The summed E-state index contributed by atoms with van der Waals surface area (Å²) in [6.07, 6.45) is -2.93. The number of rotatable bonds is 6. The van der Waals surface area contributed by atoms with Crippen LogP contribution in [0.3, 0.4) is 0 Å². The van der Waals surface area contributed by atoms with E-state index in [0.717, 1.165) is 12.8 Å². The molecule has 3 N–H and O–H groups in total. The second-order valence-electron chi connectivity index (χ2n) is 3.69. The number of nitrogens with one attached hydrogen (secondary N) is 1. The summed E-state index contributed by atoms with van der Waals surface area (Å²) in [5.74, 6) is 5.40. The fraction of sp³-hybridized carbons (Fsp3) is 1.00. The van der Waals surface area contributed by atoms with Gasteiger partial charge in [-0.15, -0.1) is 0 Å². The summed E-state index contributed by atoms with van der Waals surface area (Å²) in [6.45, 7) is 3.93. The molecule has 0 rings (SSSR count). The van der Waals surface area contributed by atoms with Crippen LogP contribution in [0.5, 0.6) is 0 Å². The second kappa shape index (κ2) is 6.24. The highest BCUT2D eigenvalue weighted by molar-refractivity contribution is 4.72. The average Bonchev–Trinajstić information content (AvgIpc) is 2.03. The van der Waals surface area contributed by atoms with Crippen molar-refractivity contribution in [2.75, 3.05) is 0 Å². The smallest absolute Gasteiger partial charge is 0.271 e. The van der Waals surface area contributed by atoms with Crippen LogP contribution in [0.1, 0.15) is 39.5 Å². The van der Waals surface area contributed by atoms with Crippen molar-refractivity contribution in [2.45, 2.75) is 51.7 Å². The molecule has 0 saturated heterocycles. The Morgan fingerprint density at radius 1 is 1.29 bits per heavy atom. The lowest BCUT2D eigenvalue weighted by molar-refractivity contribution is -0.137. The molecule has 0 aliphatic carbocycles. The first-order valence-electron chi connectivity index (χ1n) is 4.93. The minimum Gasteiger partial charge on any atom is -0.271 e. The second-order valence-corrected chi connectivity index (χ2v) is 3.69. The van der Waals surface area contributed by atoms with E-state index in [9.17, 15) is 13.2 Å². The zero-order valence-corrected chi connectivity index (χ0v) is 8.69. The number of nitrogens with two attached hydrogens (primary N) is 1. The van der Waals surface area contributed by atoms with Crippen LogP contribution < -0.4 is 11.3 Å². The first-order valence-corrected chi connectivity index (χ1v) is 4.93. The van der Waals surface area contributed by atoms with Crippen LogP contribution in [0.4, 0.5) is 13.2 Å². The highest BCUT2D eigenvalue weighted by atomic mass is 19.4. The van der Waals surface area contributed by atoms with Crippen LogP contribution in [-0.4, -0.2) is 12.2 Å². The normalized spacial score (nSPS) is 16.7. The molecular formula is C9H19F3N2. The molecule has 2 nitrogen and oxygen atoms in total.